The first-order chi connectivity index (χ1) is 10.0. The highest BCUT2D eigenvalue weighted by molar-refractivity contribution is 5.85. The topological polar surface area (TPSA) is 60.0 Å². The van der Waals surface area contributed by atoms with Crippen LogP contribution in [0.3, 0.4) is 0 Å². The molecular formula is C13H17ClF2N2O4. The number of nitrogens with zero attached hydrogens (tertiary/aromatic N) is 1. The first-order valence-corrected chi connectivity index (χ1v) is 6.27. The number of amides is 1. The number of likely N-dealkylation sites (N-methyl/N-ethyl adjacent to an activating group) is 2. The molecule has 22 heavy (non-hydrogen) atoms. The van der Waals surface area contributed by atoms with E-state index in [1.54, 1.807) is 20.2 Å². The van der Waals surface area contributed by atoms with Crippen molar-refractivity contribution in [2.75, 3.05) is 27.4 Å². The molecule has 1 N–H and O–H groups in total. The lowest BCUT2D eigenvalue weighted by Gasteiger charge is -2.19. The van der Waals surface area contributed by atoms with Crippen LogP contribution >= 0.6 is 12.4 Å². The van der Waals surface area contributed by atoms with Gasteiger partial charge in [0.25, 0.3) is 0 Å². The predicted molar refractivity (Wildman–Crippen MR) is 76.8 cm³/mol. The first-order valence-electron chi connectivity index (χ1n) is 6.27. The number of benzene rings is 1. The van der Waals surface area contributed by atoms with E-state index in [1.165, 1.54) is 11.0 Å². The fourth-order valence-electron chi connectivity index (χ4n) is 1.92. The van der Waals surface area contributed by atoms with Crippen molar-refractivity contribution < 1.29 is 27.8 Å². The molecule has 0 unspecified atom stereocenters. The Bertz CT molecular complexity index is 531. The Morgan fingerprint density at radius 3 is 2.64 bits per heavy atom. The van der Waals surface area contributed by atoms with Crippen molar-refractivity contribution in [3.63, 3.8) is 0 Å². The number of carbonyl (C=O) groups excluding carboxylic acids is 1. The molecule has 0 aromatic heterocycles. The van der Waals surface area contributed by atoms with Crippen LogP contribution in [0.15, 0.2) is 12.1 Å². The quantitative estimate of drug-likeness (QED) is 0.854. The first kappa shape index (κ1) is 18.2. The number of hydrogen-bond acceptors (Lipinski definition) is 5. The summed E-state index contributed by atoms with van der Waals surface area (Å²) in [7, 11) is 3.23. The molecule has 1 heterocycles. The second-order valence-corrected chi connectivity index (χ2v) is 4.47. The standard InChI is InChI=1S/C13H16F2N2O4.ClH/c1-16-5-12(18)17(2)6-8-3-10-11(20-7-19-10)4-9(8)21-13(14)15;/h3-4,13,16H,5-7H2,1-2H3;1H. The number of ether oxygens (including phenoxy) is 3. The number of nitrogens with one attached hydrogen (secondary N) is 1. The van der Waals surface area contributed by atoms with E-state index in [9.17, 15) is 13.6 Å². The summed E-state index contributed by atoms with van der Waals surface area (Å²) < 4.78 is 39.8. The molecule has 0 saturated carbocycles. The van der Waals surface area contributed by atoms with Gasteiger partial charge in [0.2, 0.25) is 12.7 Å². The van der Waals surface area contributed by atoms with Crippen LogP contribution in [0.25, 0.3) is 0 Å². The monoisotopic (exact) mass is 338 g/mol. The average molecular weight is 339 g/mol. The Morgan fingerprint density at radius 2 is 2.05 bits per heavy atom. The molecule has 0 spiro atoms. The normalized spacial score (nSPS) is 12.0. The van der Waals surface area contributed by atoms with Gasteiger partial charge in [-0.1, -0.05) is 0 Å². The molecule has 124 valence electrons. The molecule has 0 aliphatic carbocycles. The van der Waals surface area contributed by atoms with Gasteiger partial charge in [-0.2, -0.15) is 8.78 Å². The number of hydrogen-bond donors (Lipinski definition) is 1. The molecule has 9 heteroatoms. The van der Waals surface area contributed by atoms with E-state index in [0.29, 0.717) is 17.1 Å². The number of halogens is 3. The summed E-state index contributed by atoms with van der Waals surface area (Å²) in [6.07, 6.45) is 0. The minimum absolute atomic E-state index is 0. The minimum atomic E-state index is -2.96. The van der Waals surface area contributed by atoms with Crippen LogP contribution in [0.2, 0.25) is 0 Å². The Morgan fingerprint density at radius 1 is 1.41 bits per heavy atom. The fourth-order valence-corrected chi connectivity index (χ4v) is 1.92. The zero-order chi connectivity index (χ0) is 15.4. The van der Waals surface area contributed by atoms with Crippen LogP contribution < -0.4 is 19.5 Å². The molecule has 0 radical (unpaired) electrons. The Kier molecular flexibility index (Phi) is 6.63. The molecule has 0 saturated heterocycles. The van der Waals surface area contributed by atoms with Crippen LogP contribution in [-0.2, 0) is 11.3 Å². The number of fused-ring (bicyclic) bond motifs is 1. The summed E-state index contributed by atoms with van der Waals surface area (Å²) in [5, 5.41) is 2.74. The van der Waals surface area contributed by atoms with Gasteiger partial charge >= 0.3 is 6.61 Å². The van der Waals surface area contributed by atoms with Crippen molar-refractivity contribution in [3.05, 3.63) is 17.7 Å². The molecule has 0 atom stereocenters. The summed E-state index contributed by atoms with van der Waals surface area (Å²) in [4.78, 5) is 13.1. The van der Waals surface area contributed by atoms with Gasteiger partial charge < -0.3 is 24.4 Å². The van der Waals surface area contributed by atoms with Crippen molar-refractivity contribution in [1.82, 2.24) is 10.2 Å². The van der Waals surface area contributed by atoms with E-state index >= 15 is 0 Å². The van der Waals surface area contributed by atoms with Crippen LogP contribution in [0.1, 0.15) is 5.56 Å². The summed E-state index contributed by atoms with van der Waals surface area (Å²) in [5.74, 6) is 0.594. The highest BCUT2D eigenvalue weighted by Crippen LogP contribution is 2.39. The molecule has 1 aliphatic rings. The molecule has 1 aromatic rings. The lowest BCUT2D eigenvalue weighted by atomic mass is 10.1. The van der Waals surface area contributed by atoms with Crippen molar-refractivity contribution in [3.8, 4) is 17.2 Å². The number of alkyl halides is 2. The molecule has 1 aliphatic heterocycles. The summed E-state index contributed by atoms with van der Waals surface area (Å²) in [5.41, 5.74) is 0.423. The zero-order valence-electron chi connectivity index (χ0n) is 12.1. The van der Waals surface area contributed by atoms with E-state index in [1.807, 2.05) is 0 Å². The van der Waals surface area contributed by atoms with Gasteiger partial charge in [0.05, 0.1) is 6.54 Å². The molecule has 6 nitrogen and oxygen atoms in total. The lowest BCUT2D eigenvalue weighted by Crippen LogP contribution is -2.33. The number of rotatable bonds is 6. The molecular weight excluding hydrogens is 322 g/mol. The van der Waals surface area contributed by atoms with Crippen LogP contribution in [0, 0.1) is 0 Å². The molecule has 1 aromatic carbocycles. The second-order valence-electron chi connectivity index (χ2n) is 4.47. The zero-order valence-corrected chi connectivity index (χ0v) is 12.9. The second kappa shape index (κ2) is 8.00. The van der Waals surface area contributed by atoms with Crippen LogP contribution in [-0.4, -0.2) is 44.9 Å². The smallest absolute Gasteiger partial charge is 0.387 e. The van der Waals surface area contributed by atoms with Gasteiger partial charge in [0.15, 0.2) is 11.5 Å². The maximum atomic E-state index is 12.5. The van der Waals surface area contributed by atoms with Gasteiger partial charge in [-0.3, -0.25) is 4.79 Å². The SMILES string of the molecule is CNCC(=O)N(C)Cc1cc2c(cc1OC(F)F)OCO2.Cl. The fraction of sp³-hybridized carbons (Fsp3) is 0.462. The molecule has 0 fully saturated rings. The van der Waals surface area contributed by atoms with Gasteiger partial charge in [-0.05, 0) is 13.1 Å². The van der Waals surface area contributed by atoms with E-state index < -0.39 is 6.61 Å². The predicted octanol–water partition coefficient (Wildman–Crippen LogP) is 1.62. The lowest BCUT2D eigenvalue weighted by molar-refractivity contribution is -0.129. The highest BCUT2D eigenvalue weighted by Gasteiger charge is 2.21. The average Bonchev–Trinajstić information content (AvgIpc) is 2.85. The van der Waals surface area contributed by atoms with Crippen LogP contribution in [0.5, 0.6) is 17.2 Å². The van der Waals surface area contributed by atoms with Gasteiger partial charge in [0, 0.05) is 25.2 Å². The highest BCUT2D eigenvalue weighted by atomic mass is 35.5. The Labute approximate surface area is 132 Å². The largest absolute Gasteiger partial charge is 0.454 e. The van der Waals surface area contributed by atoms with Crippen LogP contribution in [0.4, 0.5) is 8.78 Å². The van der Waals surface area contributed by atoms with Gasteiger partial charge in [0.1, 0.15) is 5.75 Å². The van der Waals surface area contributed by atoms with Crippen molar-refractivity contribution in [1.29, 1.82) is 0 Å². The molecule has 0 bridgehead atoms. The van der Waals surface area contributed by atoms with E-state index in [4.69, 9.17) is 9.47 Å². The van der Waals surface area contributed by atoms with E-state index in [0.717, 1.165) is 0 Å². The van der Waals surface area contributed by atoms with E-state index in [-0.39, 0.29) is 43.9 Å². The third kappa shape index (κ3) is 4.35. The molecule has 2 rings (SSSR count). The summed E-state index contributed by atoms with van der Waals surface area (Å²) in [6, 6.07) is 2.89. The van der Waals surface area contributed by atoms with Gasteiger partial charge in [-0.15, -0.1) is 12.4 Å². The Hall–Kier alpha value is -1.80. The molecule has 1 amide bonds. The maximum Gasteiger partial charge on any atom is 0.387 e. The van der Waals surface area contributed by atoms with Gasteiger partial charge in [-0.25, -0.2) is 0 Å². The van der Waals surface area contributed by atoms with Crippen molar-refractivity contribution in [2.45, 2.75) is 13.2 Å². The third-order valence-electron chi connectivity index (χ3n) is 2.93. The van der Waals surface area contributed by atoms with Crippen molar-refractivity contribution >= 4 is 18.3 Å². The summed E-state index contributed by atoms with van der Waals surface area (Å²) >= 11 is 0. The van der Waals surface area contributed by atoms with Crippen molar-refractivity contribution in [2.24, 2.45) is 0 Å². The third-order valence-corrected chi connectivity index (χ3v) is 2.93. The Balaban J connectivity index is 0.00000242. The minimum Gasteiger partial charge on any atom is -0.454 e. The maximum absolute atomic E-state index is 12.5. The summed E-state index contributed by atoms with van der Waals surface area (Å²) in [6.45, 7) is -2.64. The number of carbonyl (C=O) groups is 1. The van der Waals surface area contributed by atoms with E-state index in [2.05, 4.69) is 10.1 Å².